The highest BCUT2D eigenvalue weighted by molar-refractivity contribution is 5.88. The van der Waals surface area contributed by atoms with Crippen molar-refractivity contribution >= 4 is 11.6 Å². The van der Waals surface area contributed by atoms with E-state index in [0.29, 0.717) is 37.2 Å². The summed E-state index contributed by atoms with van der Waals surface area (Å²) in [5.41, 5.74) is 0.928. The molecule has 3 heterocycles. The van der Waals surface area contributed by atoms with Gasteiger partial charge in [0.05, 0.1) is 11.7 Å². The SMILES string of the molecule is C#Cc1ccc(N2CCC3(CC2)O[C@@H]2CC[C@@H](c4cccc(F)c4)N2C3=O)c(F)c1. The van der Waals surface area contributed by atoms with Crippen LogP contribution in [0.1, 0.15) is 42.9 Å². The Bertz CT molecular complexity index is 1040. The minimum atomic E-state index is -0.873. The number of carbonyl (C=O) groups excluding carboxylic acids is 1. The van der Waals surface area contributed by atoms with E-state index in [1.165, 1.54) is 18.2 Å². The van der Waals surface area contributed by atoms with Gasteiger partial charge in [-0.05, 0) is 48.7 Å². The summed E-state index contributed by atoms with van der Waals surface area (Å²) >= 11 is 0. The Morgan fingerprint density at radius 3 is 2.60 bits per heavy atom. The second kappa shape index (κ2) is 7.10. The molecule has 4 nitrogen and oxygen atoms in total. The molecule has 3 saturated heterocycles. The number of benzene rings is 2. The highest BCUT2D eigenvalue weighted by Gasteiger charge is 2.58. The Morgan fingerprint density at radius 1 is 1.10 bits per heavy atom. The maximum absolute atomic E-state index is 14.5. The number of anilines is 1. The molecular formula is C24H22F2N2O2. The Morgan fingerprint density at radius 2 is 1.90 bits per heavy atom. The molecule has 0 N–H and O–H groups in total. The van der Waals surface area contributed by atoms with E-state index < -0.39 is 5.60 Å². The summed E-state index contributed by atoms with van der Waals surface area (Å²) in [5.74, 6) is 1.75. The number of carbonyl (C=O) groups is 1. The lowest BCUT2D eigenvalue weighted by atomic mass is 9.89. The lowest BCUT2D eigenvalue weighted by Gasteiger charge is -2.38. The van der Waals surface area contributed by atoms with Gasteiger partial charge in [-0.1, -0.05) is 18.1 Å². The van der Waals surface area contributed by atoms with Gasteiger partial charge >= 0.3 is 0 Å². The van der Waals surface area contributed by atoms with Crippen molar-refractivity contribution in [3.05, 3.63) is 65.2 Å². The number of terminal acetylenes is 1. The zero-order valence-corrected chi connectivity index (χ0v) is 16.5. The van der Waals surface area contributed by atoms with Gasteiger partial charge in [0.2, 0.25) is 0 Å². The fourth-order valence-electron chi connectivity index (χ4n) is 5.05. The highest BCUT2D eigenvalue weighted by atomic mass is 19.1. The third-order valence-corrected chi connectivity index (χ3v) is 6.58. The van der Waals surface area contributed by atoms with Crippen LogP contribution in [0, 0.1) is 24.0 Å². The van der Waals surface area contributed by atoms with Crippen LogP contribution in [-0.2, 0) is 9.53 Å². The number of piperidine rings is 1. The van der Waals surface area contributed by atoms with Crippen molar-refractivity contribution in [2.45, 2.75) is 43.6 Å². The first-order valence-corrected chi connectivity index (χ1v) is 10.3. The zero-order chi connectivity index (χ0) is 20.9. The van der Waals surface area contributed by atoms with Gasteiger partial charge < -0.3 is 14.5 Å². The van der Waals surface area contributed by atoms with E-state index in [4.69, 9.17) is 11.2 Å². The molecule has 0 bridgehead atoms. The largest absolute Gasteiger partial charge is 0.369 e. The molecule has 30 heavy (non-hydrogen) atoms. The number of nitrogens with zero attached hydrogens (tertiary/aromatic N) is 2. The molecule has 0 aliphatic carbocycles. The van der Waals surface area contributed by atoms with E-state index in [9.17, 15) is 13.6 Å². The topological polar surface area (TPSA) is 32.8 Å². The number of hydrogen-bond acceptors (Lipinski definition) is 3. The molecule has 5 rings (SSSR count). The number of halogens is 2. The lowest BCUT2D eigenvalue weighted by Crippen LogP contribution is -2.50. The van der Waals surface area contributed by atoms with Crippen LogP contribution in [0.5, 0.6) is 0 Å². The Labute approximate surface area is 174 Å². The van der Waals surface area contributed by atoms with Crippen LogP contribution in [0.2, 0.25) is 0 Å². The number of ether oxygens (including phenoxy) is 1. The van der Waals surface area contributed by atoms with E-state index in [1.807, 2.05) is 11.0 Å². The minimum Gasteiger partial charge on any atom is -0.369 e. The number of hydrogen-bond donors (Lipinski definition) is 0. The van der Waals surface area contributed by atoms with E-state index in [-0.39, 0.29) is 29.8 Å². The second-order valence-electron chi connectivity index (χ2n) is 8.22. The smallest absolute Gasteiger partial charge is 0.257 e. The van der Waals surface area contributed by atoms with Crippen LogP contribution in [0.25, 0.3) is 0 Å². The zero-order valence-electron chi connectivity index (χ0n) is 16.5. The number of rotatable bonds is 2. The molecule has 2 aromatic rings. The van der Waals surface area contributed by atoms with Crippen molar-refractivity contribution in [2.75, 3.05) is 18.0 Å². The van der Waals surface area contributed by atoms with Gasteiger partial charge in [0.1, 0.15) is 17.9 Å². The van der Waals surface area contributed by atoms with E-state index in [0.717, 1.165) is 18.4 Å². The van der Waals surface area contributed by atoms with Crippen molar-refractivity contribution in [1.82, 2.24) is 4.90 Å². The Kier molecular flexibility index (Phi) is 4.52. The van der Waals surface area contributed by atoms with Gasteiger partial charge in [-0.2, -0.15) is 0 Å². The van der Waals surface area contributed by atoms with E-state index in [2.05, 4.69) is 5.92 Å². The van der Waals surface area contributed by atoms with Crippen molar-refractivity contribution in [3.63, 3.8) is 0 Å². The van der Waals surface area contributed by atoms with Crippen LogP contribution < -0.4 is 4.90 Å². The highest BCUT2D eigenvalue weighted by Crippen LogP contribution is 2.48. The molecule has 1 amide bonds. The van der Waals surface area contributed by atoms with Gasteiger partial charge in [-0.25, -0.2) is 8.78 Å². The monoisotopic (exact) mass is 408 g/mol. The third kappa shape index (κ3) is 2.96. The van der Waals surface area contributed by atoms with Crippen molar-refractivity contribution in [3.8, 4) is 12.3 Å². The van der Waals surface area contributed by atoms with Crippen LogP contribution in [0.3, 0.4) is 0 Å². The lowest BCUT2D eigenvalue weighted by molar-refractivity contribution is -0.140. The average molecular weight is 408 g/mol. The molecule has 3 aliphatic rings. The normalized spacial score (nSPS) is 24.9. The fourth-order valence-corrected chi connectivity index (χ4v) is 5.05. The molecule has 3 fully saturated rings. The molecule has 0 aromatic heterocycles. The first-order chi connectivity index (χ1) is 14.5. The van der Waals surface area contributed by atoms with Gasteiger partial charge in [-0.3, -0.25) is 4.79 Å². The molecule has 0 saturated carbocycles. The average Bonchev–Trinajstić information content (AvgIpc) is 3.27. The fraction of sp³-hybridized carbons (Fsp3) is 0.375. The van der Waals surface area contributed by atoms with Crippen molar-refractivity contribution < 1.29 is 18.3 Å². The Hall–Kier alpha value is -2.91. The van der Waals surface area contributed by atoms with E-state index >= 15 is 0 Å². The van der Waals surface area contributed by atoms with Crippen molar-refractivity contribution in [2.24, 2.45) is 0 Å². The summed E-state index contributed by atoms with van der Waals surface area (Å²) in [6.45, 7) is 1.03. The third-order valence-electron chi connectivity index (χ3n) is 6.58. The molecule has 6 heteroatoms. The summed E-state index contributed by atoms with van der Waals surface area (Å²) in [6, 6.07) is 11.0. The molecular weight excluding hydrogens is 386 g/mol. The van der Waals surface area contributed by atoms with Crippen LogP contribution >= 0.6 is 0 Å². The summed E-state index contributed by atoms with van der Waals surface area (Å²) < 4.78 is 34.5. The summed E-state index contributed by atoms with van der Waals surface area (Å²) in [4.78, 5) is 17.2. The first kappa shape index (κ1) is 19.1. The number of fused-ring (bicyclic) bond motifs is 1. The molecule has 3 aliphatic heterocycles. The minimum absolute atomic E-state index is 0.0259. The summed E-state index contributed by atoms with van der Waals surface area (Å²) in [5, 5.41) is 0. The van der Waals surface area contributed by atoms with E-state index in [1.54, 1.807) is 23.1 Å². The molecule has 0 radical (unpaired) electrons. The van der Waals surface area contributed by atoms with Gasteiger partial charge in [0.25, 0.3) is 5.91 Å². The molecule has 1 spiro atoms. The van der Waals surface area contributed by atoms with Crippen molar-refractivity contribution in [1.29, 1.82) is 0 Å². The maximum Gasteiger partial charge on any atom is 0.257 e. The molecule has 154 valence electrons. The van der Waals surface area contributed by atoms with Gasteiger partial charge in [-0.15, -0.1) is 6.42 Å². The molecule has 2 aromatic carbocycles. The van der Waals surface area contributed by atoms with Gasteiger partial charge in [0.15, 0.2) is 5.60 Å². The quantitative estimate of drug-likeness (QED) is 0.704. The standard InChI is InChI=1S/C24H22F2N2O2/c1-2-16-6-7-21(19(26)14-16)27-12-10-24(11-13-27)23(29)28-20(8-9-22(28)30-24)17-4-3-5-18(25)15-17/h1,3-7,14-15,20,22H,8-13H2/t20-,22+/m0/s1. The summed E-state index contributed by atoms with van der Waals surface area (Å²) in [6.07, 6.45) is 7.54. The van der Waals surface area contributed by atoms with Crippen LogP contribution in [0.4, 0.5) is 14.5 Å². The Balaban J connectivity index is 1.33. The second-order valence-corrected chi connectivity index (χ2v) is 8.22. The van der Waals surface area contributed by atoms with Gasteiger partial charge in [0, 0.05) is 31.5 Å². The van der Waals surface area contributed by atoms with Crippen LogP contribution in [0.15, 0.2) is 42.5 Å². The summed E-state index contributed by atoms with van der Waals surface area (Å²) in [7, 11) is 0. The molecule has 2 atom stereocenters. The van der Waals surface area contributed by atoms with Crippen LogP contribution in [-0.4, -0.2) is 35.7 Å². The predicted octanol–water partition coefficient (Wildman–Crippen LogP) is 4.01. The molecule has 0 unspecified atom stereocenters. The number of amides is 1. The first-order valence-electron chi connectivity index (χ1n) is 10.3. The predicted molar refractivity (Wildman–Crippen MR) is 109 cm³/mol. The maximum atomic E-state index is 14.5.